The molecular weight excluding hydrogens is 270 g/mol. The van der Waals surface area contributed by atoms with Crippen LogP contribution < -0.4 is 11.5 Å². The predicted octanol–water partition coefficient (Wildman–Crippen LogP) is 2.45. The summed E-state index contributed by atoms with van der Waals surface area (Å²) in [5, 5.41) is 18.8. The Morgan fingerprint density at radius 2 is 1.75 bits per heavy atom. The second-order valence-electron chi connectivity index (χ2n) is 4.04. The topological polar surface area (TPSA) is 113 Å². The number of nitrogen functional groups attached to an aromatic ring is 2. The molecule has 0 bridgehead atoms. The van der Waals surface area contributed by atoms with Crippen LogP contribution in [0.25, 0.3) is 0 Å². The number of aromatic nitrogens is 1. The van der Waals surface area contributed by atoms with E-state index in [1.165, 1.54) is 11.8 Å². The van der Waals surface area contributed by atoms with Gasteiger partial charge in [-0.15, -0.1) is 0 Å². The van der Waals surface area contributed by atoms with E-state index in [4.69, 9.17) is 16.7 Å². The SMILES string of the molecule is Cc1c(C#N)c(N)nc(Sc2ccccc2N)c1C#N. The lowest BCUT2D eigenvalue weighted by atomic mass is 10.1. The van der Waals surface area contributed by atoms with Crippen molar-refractivity contribution >= 4 is 23.3 Å². The second-order valence-corrected chi connectivity index (χ2v) is 5.07. The van der Waals surface area contributed by atoms with Crippen LogP contribution >= 0.6 is 11.8 Å². The van der Waals surface area contributed by atoms with E-state index < -0.39 is 0 Å². The van der Waals surface area contributed by atoms with Crippen molar-refractivity contribution in [3.63, 3.8) is 0 Å². The van der Waals surface area contributed by atoms with Crippen LogP contribution in [0.4, 0.5) is 11.5 Å². The third kappa shape index (κ3) is 2.37. The summed E-state index contributed by atoms with van der Waals surface area (Å²) in [6.07, 6.45) is 0. The number of para-hydroxylation sites is 1. The van der Waals surface area contributed by atoms with Crippen LogP contribution in [0.1, 0.15) is 16.7 Å². The highest BCUT2D eigenvalue weighted by atomic mass is 32.2. The van der Waals surface area contributed by atoms with Crippen LogP contribution in [-0.2, 0) is 0 Å². The molecule has 0 saturated carbocycles. The fraction of sp³-hybridized carbons (Fsp3) is 0.0714. The van der Waals surface area contributed by atoms with Crippen molar-refractivity contribution in [1.82, 2.24) is 4.98 Å². The molecule has 1 aromatic carbocycles. The van der Waals surface area contributed by atoms with Gasteiger partial charge in [-0.05, 0) is 24.6 Å². The normalized spacial score (nSPS) is 9.75. The molecule has 1 aromatic heterocycles. The number of nitrogens with two attached hydrogens (primary N) is 2. The minimum absolute atomic E-state index is 0.126. The molecule has 0 amide bonds. The molecule has 0 unspecified atom stereocenters. The number of nitriles is 2. The molecule has 6 heteroatoms. The molecule has 0 fully saturated rings. The molecular formula is C14H11N5S. The van der Waals surface area contributed by atoms with E-state index in [1.54, 1.807) is 13.0 Å². The number of hydrogen-bond acceptors (Lipinski definition) is 6. The Hall–Kier alpha value is -2.70. The lowest BCUT2D eigenvalue weighted by Crippen LogP contribution is -2.03. The average Bonchev–Trinajstić information content (AvgIpc) is 2.42. The van der Waals surface area contributed by atoms with Crippen molar-refractivity contribution in [1.29, 1.82) is 10.5 Å². The van der Waals surface area contributed by atoms with Gasteiger partial charge in [-0.2, -0.15) is 10.5 Å². The number of pyridine rings is 1. The molecule has 4 N–H and O–H groups in total. The van der Waals surface area contributed by atoms with Crippen LogP contribution in [0.5, 0.6) is 0 Å². The molecule has 5 nitrogen and oxygen atoms in total. The van der Waals surface area contributed by atoms with Crippen LogP contribution in [0.2, 0.25) is 0 Å². The number of benzene rings is 1. The van der Waals surface area contributed by atoms with E-state index in [9.17, 15) is 5.26 Å². The zero-order valence-corrected chi connectivity index (χ0v) is 11.5. The van der Waals surface area contributed by atoms with Crippen molar-refractivity contribution in [3.8, 4) is 12.1 Å². The highest BCUT2D eigenvalue weighted by molar-refractivity contribution is 7.99. The summed E-state index contributed by atoms with van der Waals surface area (Å²) in [6, 6.07) is 11.3. The van der Waals surface area contributed by atoms with Gasteiger partial charge >= 0.3 is 0 Å². The molecule has 0 aliphatic carbocycles. The lowest BCUT2D eigenvalue weighted by molar-refractivity contribution is 1.08. The maximum atomic E-state index is 9.27. The maximum Gasteiger partial charge on any atom is 0.143 e. The number of anilines is 2. The zero-order valence-electron chi connectivity index (χ0n) is 10.7. The molecule has 98 valence electrons. The van der Waals surface area contributed by atoms with Crippen molar-refractivity contribution in [2.45, 2.75) is 16.8 Å². The first-order valence-corrected chi connectivity index (χ1v) is 6.52. The lowest BCUT2D eigenvalue weighted by Gasteiger charge is -2.10. The number of rotatable bonds is 2. The summed E-state index contributed by atoms with van der Waals surface area (Å²) in [6.45, 7) is 1.69. The highest BCUT2D eigenvalue weighted by Crippen LogP contribution is 2.35. The molecule has 0 saturated heterocycles. The summed E-state index contributed by atoms with van der Waals surface area (Å²) in [5.74, 6) is 0.126. The quantitative estimate of drug-likeness (QED) is 0.817. The monoisotopic (exact) mass is 281 g/mol. The molecule has 0 spiro atoms. The van der Waals surface area contributed by atoms with E-state index in [2.05, 4.69) is 11.1 Å². The van der Waals surface area contributed by atoms with Crippen molar-refractivity contribution in [2.75, 3.05) is 11.5 Å². The molecule has 0 aliphatic heterocycles. The molecule has 1 heterocycles. The summed E-state index contributed by atoms with van der Waals surface area (Å²) < 4.78 is 0. The van der Waals surface area contributed by atoms with E-state index in [1.807, 2.05) is 24.3 Å². The van der Waals surface area contributed by atoms with Crippen molar-refractivity contribution in [2.24, 2.45) is 0 Å². The largest absolute Gasteiger partial charge is 0.398 e. The van der Waals surface area contributed by atoms with Gasteiger partial charge in [0.05, 0.1) is 11.1 Å². The van der Waals surface area contributed by atoms with Gasteiger partial charge in [0.2, 0.25) is 0 Å². The van der Waals surface area contributed by atoms with Crippen molar-refractivity contribution < 1.29 is 0 Å². The minimum Gasteiger partial charge on any atom is -0.398 e. The first-order chi connectivity index (χ1) is 9.58. The maximum absolute atomic E-state index is 9.27. The zero-order chi connectivity index (χ0) is 14.7. The molecule has 0 atom stereocenters. The molecule has 2 aromatic rings. The fourth-order valence-corrected chi connectivity index (χ4v) is 2.71. The molecule has 20 heavy (non-hydrogen) atoms. The van der Waals surface area contributed by atoms with Crippen LogP contribution in [0.3, 0.4) is 0 Å². The van der Waals surface area contributed by atoms with Gasteiger partial charge in [-0.1, -0.05) is 23.9 Å². The standard InChI is InChI=1S/C14H11N5S/c1-8-9(6-15)13(18)19-14(10(8)7-16)20-12-5-3-2-4-11(12)17/h2-5H,17H2,1H3,(H2,18,19). The summed E-state index contributed by atoms with van der Waals surface area (Å²) in [5.41, 5.74) is 13.4. The third-order valence-corrected chi connectivity index (χ3v) is 3.87. The Morgan fingerprint density at radius 3 is 2.35 bits per heavy atom. The minimum atomic E-state index is 0.126. The van der Waals surface area contributed by atoms with Crippen LogP contribution in [-0.4, -0.2) is 4.98 Å². The van der Waals surface area contributed by atoms with E-state index >= 15 is 0 Å². The van der Waals surface area contributed by atoms with Gasteiger partial charge in [0.25, 0.3) is 0 Å². The van der Waals surface area contributed by atoms with Gasteiger partial charge < -0.3 is 11.5 Å². The Labute approximate surface area is 120 Å². The van der Waals surface area contributed by atoms with E-state index in [0.717, 1.165) is 4.90 Å². The van der Waals surface area contributed by atoms with E-state index in [0.29, 0.717) is 21.8 Å². The van der Waals surface area contributed by atoms with Crippen LogP contribution in [0.15, 0.2) is 34.2 Å². The molecule has 0 aliphatic rings. The predicted molar refractivity (Wildman–Crippen MR) is 77.8 cm³/mol. The van der Waals surface area contributed by atoms with Gasteiger partial charge in [0, 0.05) is 10.6 Å². The Kier molecular flexibility index (Phi) is 3.79. The molecule has 2 rings (SSSR count). The van der Waals surface area contributed by atoms with Crippen LogP contribution in [0, 0.1) is 29.6 Å². The fourth-order valence-electron chi connectivity index (χ4n) is 1.72. The van der Waals surface area contributed by atoms with Gasteiger partial charge in [-0.3, -0.25) is 0 Å². The molecule has 0 radical (unpaired) electrons. The smallest absolute Gasteiger partial charge is 0.143 e. The summed E-state index contributed by atoms with van der Waals surface area (Å²) >= 11 is 1.26. The van der Waals surface area contributed by atoms with Gasteiger partial charge in [-0.25, -0.2) is 4.98 Å². The van der Waals surface area contributed by atoms with Gasteiger partial charge in [0.1, 0.15) is 23.0 Å². The van der Waals surface area contributed by atoms with E-state index in [-0.39, 0.29) is 11.4 Å². The Morgan fingerprint density at radius 1 is 1.10 bits per heavy atom. The average molecular weight is 281 g/mol. The Bertz CT molecular complexity index is 755. The third-order valence-electron chi connectivity index (χ3n) is 2.79. The highest BCUT2D eigenvalue weighted by Gasteiger charge is 2.16. The Balaban J connectivity index is 2.57. The van der Waals surface area contributed by atoms with Crippen molar-refractivity contribution in [3.05, 3.63) is 41.0 Å². The second kappa shape index (κ2) is 5.52. The summed E-state index contributed by atoms with van der Waals surface area (Å²) in [7, 11) is 0. The number of hydrogen-bond donors (Lipinski definition) is 2. The first kappa shape index (κ1) is 13.7. The van der Waals surface area contributed by atoms with Gasteiger partial charge in [0.15, 0.2) is 0 Å². The number of nitrogens with zero attached hydrogens (tertiary/aromatic N) is 3. The summed E-state index contributed by atoms with van der Waals surface area (Å²) in [4.78, 5) is 4.94. The first-order valence-electron chi connectivity index (χ1n) is 5.71.